The van der Waals surface area contributed by atoms with Gasteiger partial charge in [0.05, 0.1) is 11.4 Å². The van der Waals surface area contributed by atoms with Crippen LogP contribution < -0.4 is 4.74 Å². The Balaban J connectivity index is 1.75. The third-order valence-corrected chi connectivity index (χ3v) is 6.83. The second-order valence-corrected chi connectivity index (χ2v) is 8.42. The number of nitrogens with zero attached hydrogens (tertiary/aromatic N) is 1. The maximum atomic E-state index is 10.0. The Labute approximate surface area is 187 Å². The maximum Gasteiger partial charge on any atom is 0.213 e. The zero-order chi connectivity index (χ0) is 21.4. The van der Waals surface area contributed by atoms with Crippen molar-refractivity contribution in [3.63, 3.8) is 0 Å². The lowest BCUT2D eigenvalue weighted by Crippen LogP contribution is -2.31. The molecule has 0 fully saturated rings. The van der Waals surface area contributed by atoms with Gasteiger partial charge in [-0.2, -0.15) is 0 Å². The summed E-state index contributed by atoms with van der Waals surface area (Å²) in [5.41, 5.74) is 3.56. The summed E-state index contributed by atoms with van der Waals surface area (Å²) in [6.45, 7) is -0.0853. The van der Waals surface area contributed by atoms with E-state index in [1.165, 1.54) is 16.7 Å². The highest BCUT2D eigenvalue weighted by atomic mass is 32.2. The Kier molecular flexibility index (Phi) is 7.03. The first-order chi connectivity index (χ1) is 15.3. The zero-order valence-electron chi connectivity index (χ0n) is 17.2. The minimum atomic E-state index is -0.440. The van der Waals surface area contributed by atoms with Crippen LogP contribution >= 0.6 is 11.8 Å². The molecule has 31 heavy (non-hydrogen) atoms. The molecule has 0 bridgehead atoms. The van der Waals surface area contributed by atoms with Crippen LogP contribution in [-0.4, -0.2) is 28.6 Å². The van der Waals surface area contributed by atoms with Gasteiger partial charge in [-0.15, -0.1) is 11.8 Å². The van der Waals surface area contributed by atoms with Gasteiger partial charge in [-0.25, -0.2) is 4.98 Å². The molecule has 1 N–H and O–H groups in total. The first kappa shape index (κ1) is 21.2. The topological polar surface area (TPSA) is 42.4 Å². The summed E-state index contributed by atoms with van der Waals surface area (Å²) in [6.07, 6.45) is 1.31. The summed E-state index contributed by atoms with van der Waals surface area (Å²) < 4.78 is 5.54. The molecular formula is C27H25NO2S. The van der Waals surface area contributed by atoms with Crippen LogP contribution in [0.1, 0.15) is 16.7 Å². The fraction of sp³-hybridized carbons (Fsp3) is 0.148. The first-order valence-electron chi connectivity index (χ1n) is 10.3. The molecule has 1 heterocycles. The van der Waals surface area contributed by atoms with E-state index in [1.807, 2.05) is 36.4 Å². The molecule has 0 unspecified atom stereocenters. The number of ether oxygens (including phenoxy) is 1. The molecule has 3 nitrogen and oxygen atoms in total. The van der Waals surface area contributed by atoms with Gasteiger partial charge >= 0.3 is 0 Å². The van der Waals surface area contributed by atoms with Crippen LogP contribution in [0.5, 0.6) is 5.88 Å². The minimum absolute atomic E-state index is 0.0853. The molecule has 3 aromatic carbocycles. The Morgan fingerprint density at radius 3 is 1.61 bits per heavy atom. The van der Waals surface area contributed by atoms with Gasteiger partial charge in [0, 0.05) is 18.0 Å². The number of aromatic nitrogens is 1. The number of hydrogen-bond acceptors (Lipinski definition) is 4. The highest BCUT2D eigenvalue weighted by Crippen LogP contribution is 2.48. The fourth-order valence-electron chi connectivity index (χ4n) is 3.70. The Hall–Kier alpha value is -3.08. The minimum Gasteiger partial charge on any atom is -0.471 e. The molecule has 0 amide bonds. The number of benzene rings is 3. The third-order valence-electron chi connectivity index (χ3n) is 5.16. The largest absolute Gasteiger partial charge is 0.471 e. The van der Waals surface area contributed by atoms with Gasteiger partial charge in [0.25, 0.3) is 0 Å². The predicted octanol–water partition coefficient (Wildman–Crippen LogP) is 5.55. The smallest absolute Gasteiger partial charge is 0.213 e. The second-order valence-electron chi connectivity index (χ2n) is 7.18. The molecule has 0 aliphatic rings. The van der Waals surface area contributed by atoms with E-state index in [-0.39, 0.29) is 12.7 Å². The second kappa shape index (κ2) is 10.3. The van der Waals surface area contributed by atoms with Gasteiger partial charge in [-0.1, -0.05) is 97.1 Å². The van der Waals surface area contributed by atoms with E-state index in [0.717, 1.165) is 0 Å². The average molecular weight is 428 g/mol. The van der Waals surface area contributed by atoms with Crippen molar-refractivity contribution < 1.29 is 9.84 Å². The molecule has 1 aromatic heterocycles. The Morgan fingerprint density at radius 2 is 1.19 bits per heavy atom. The summed E-state index contributed by atoms with van der Waals surface area (Å²) in [4.78, 5) is 4.24. The molecule has 4 rings (SSSR count). The van der Waals surface area contributed by atoms with Crippen molar-refractivity contribution in [3.8, 4) is 5.88 Å². The number of pyridine rings is 1. The van der Waals surface area contributed by atoms with Crippen LogP contribution in [0.4, 0.5) is 0 Å². The lowest BCUT2D eigenvalue weighted by Gasteiger charge is -2.36. The predicted molar refractivity (Wildman–Crippen MR) is 127 cm³/mol. The number of aliphatic hydroxyl groups is 1. The normalized spacial score (nSPS) is 12.3. The van der Waals surface area contributed by atoms with Gasteiger partial charge in [0.15, 0.2) is 0 Å². The van der Waals surface area contributed by atoms with Crippen molar-refractivity contribution in [1.29, 1.82) is 0 Å². The van der Waals surface area contributed by atoms with Crippen molar-refractivity contribution in [2.45, 2.75) is 10.9 Å². The molecule has 4 aromatic rings. The number of rotatable bonds is 9. The average Bonchev–Trinajstić information content (AvgIpc) is 2.86. The number of aliphatic hydroxyl groups excluding tert-OH is 1. The van der Waals surface area contributed by atoms with E-state index >= 15 is 0 Å². The van der Waals surface area contributed by atoms with Crippen LogP contribution in [0, 0.1) is 0 Å². The zero-order valence-corrected chi connectivity index (χ0v) is 18.0. The lowest BCUT2D eigenvalue weighted by molar-refractivity contribution is 0.128. The molecule has 1 atom stereocenters. The summed E-state index contributed by atoms with van der Waals surface area (Å²) in [5, 5.41) is 10.0. The van der Waals surface area contributed by atoms with Crippen LogP contribution in [0.25, 0.3) is 0 Å². The van der Waals surface area contributed by atoms with E-state index in [1.54, 1.807) is 18.0 Å². The molecule has 156 valence electrons. The highest BCUT2D eigenvalue weighted by molar-refractivity contribution is 8.00. The van der Waals surface area contributed by atoms with Gasteiger partial charge in [0.2, 0.25) is 5.88 Å². The van der Waals surface area contributed by atoms with E-state index in [0.29, 0.717) is 11.6 Å². The SMILES string of the molecule is OC[C@@H](CSC(c1ccccc1)(c1ccccc1)c1ccccc1)Oc1ccccn1. The number of hydrogen-bond donors (Lipinski definition) is 1. The van der Waals surface area contributed by atoms with Crippen LogP contribution in [-0.2, 0) is 4.75 Å². The molecule has 0 aliphatic heterocycles. The van der Waals surface area contributed by atoms with E-state index in [4.69, 9.17) is 4.74 Å². The van der Waals surface area contributed by atoms with Crippen molar-refractivity contribution in [2.75, 3.05) is 12.4 Å². The van der Waals surface area contributed by atoms with E-state index in [9.17, 15) is 5.11 Å². The van der Waals surface area contributed by atoms with Crippen LogP contribution in [0.2, 0.25) is 0 Å². The van der Waals surface area contributed by atoms with Crippen molar-refractivity contribution in [2.24, 2.45) is 0 Å². The molecule has 0 saturated heterocycles. The standard InChI is InChI=1S/C27H25NO2S/c29-20-25(30-26-18-10-11-19-28-26)21-31-27(22-12-4-1-5-13-22,23-14-6-2-7-15-23)24-16-8-3-9-17-24/h1-19,25,29H,20-21H2/t25-/m0/s1. The molecular weight excluding hydrogens is 402 g/mol. The van der Waals surface area contributed by atoms with Gasteiger partial charge < -0.3 is 9.84 Å². The molecule has 0 aliphatic carbocycles. The van der Waals surface area contributed by atoms with Crippen molar-refractivity contribution in [1.82, 2.24) is 4.98 Å². The van der Waals surface area contributed by atoms with E-state index in [2.05, 4.69) is 77.8 Å². The summed E-state index contributed by atoms with van der Waals surface area (Å²) in [5.74, 6) is 1.11. The summed E-state index contributed by atoms with van der Waals surface area (Å²) in [7, 11) is 0. The van der Waals surface area contributed by atoms with Crippen LogP contribution in [0.15, 0.2) is 115 Å². The highest BCUT2D eigenvalue weighted by Gasteiger charge is 2.37. The summed E-state index contributed by atoms with van der Waals surface area (Å²) >= 11 is 1.77. The van der Waals surface area contributed by atoms with E-state index < -0.39 is 4.75 Å². The monoisotopic (exact) mass is 427 g/mol. The van der Waals surface area contributed by atoms with Gasteiger partial charge in [0.1, 0.15) is 6.10 Å². The van der Waals surface area contributed by atoms with Crippen molar-refractivity contribution >= 4 is 11.8 Å². The number of thioether (sulfide) groups is 1. The van der Waals surface area contributed by atoms with Gasteiger partial charge in [-0.3, -0.25) is 0 Å². The van der Waals surface area contributed by atoms with Crippen LogP contribution in [0.3, 0.4) is 0 Å². The lowest BCUT2D eigenvalue weighted by atomic mass is 9.84. The molecule has 0 spiro atoms. The molecule has 4 heteroatoms. The Morgan fingerprint density at radius 1 is 0.710 bits per heavy atom. The third kappa shape index (κ3) is 4.82. The fourth-order valence-corrected chi connectivity index (χ4v) is 5.22. The van der Waals surface area contributed by atoms with Crippen molar-refractivity contribution in [3.05, 3.63) is 132 Å². The molecule has 0 radical (unpaired) electrons. The quantitative estimate of drug-likeness (QED) is 0.356. The molecule has 0 saturated carbocycles. The first-order valence-corrected chi connectivity index (χ1v) is 11.3. The Bertz CT molecular complexity index is 947. The van der Waals surface area contributed by atoms with Gasteiger partial charge in [-0.05, 0) is 22.8 Å². The maximum absolute atomic E-state index is 10.0. The summed E-state index contributed by atoms with van der Waals surface area (Å²) in [6, 6.07) is 37.1.